The van der Waals surface area contributed by atoms with Gasteiger partial charge < -0.3 is 10.6 Å². The predicted octanol–water partition coefficient (Wildman–Crippen LogP) is 4.88. The van der Waals surface area contributed by atoms with Gasteiger partial charge in [0.25, 0.3) is 0 Å². The third-order valence-corrected chi connectivity index (χ3v) is 4.31. The number of benzene rings is 2. The summed E-state index contributed by atoms with van der Waals surface area (Å²) in [5.41, 5.74) is 1.01. The van der Waals surface area contributed by atoms with Crippen molar-refractivity contribution in [3.8, 4) is 10.6 Å². The fourth-order valence-corrected chi connectivity index (χ4v) is 2.90. The average molecular weight is 377 g/mol. The van der Waals surface area contributed by atoms with Crippen molar-refractivity contribution in [2.24, 2.45) is 0 Å². The van der Waals surface area contributed by atoms with E-state index in [2.05, 4.69) is 15.6 Å². The van der Waals surface area contributed by atoms with E-state index < -0.39 is 11.7 Å². The molecule has 0 aliphatic rings. The highest BCUT2D eigenvalue weighted by Crippen LogP contribution is 2.30. The lowest BCUT2D eigenvalue weighted by Crippen LogP contribution is -2.21. The lowest BCUT2D eigenvalue weighted by Gasteiger charge is -2.11. The van der Waals surface area contributed by atoms with Gasteiger partial charge in [-0.2, -0.15) is 13.2 Å². The fourth-order valence-electron chi connectivity index (χ4n) is 2.26. The van der Waals surface area contributed by atoms with Crippen molar-refractivity contribution in [1.29, 1.82) is 0 Å². The smallest absolute Gasteiger partial charge is 0.376 e. The number of alkyl halides is 3. The number of anilines is 2. The predicted molar refractivity (Wildman–Crippen MR) is 96.1 cm³/mol. The van der Waals surface area contributed by atoms with E-state index in [-0.39, 0.29) is 18.1 Å². The molecule has 0 atom stereocenters. The number of carbonyl (C=O) groups is 1. The summed E-state index contributed by atoms with van der Waals surface area (Å²) < 4.78 is 38.0. The Morgan fingerprint density at radius 1 is 1.08 bits per heavy atom. The molecule has 4 nitrogen and oxygen atoms in total. The molecule has 3 rings (SSSR count). The Labute approximate surface area is 151 Å². The molecule has 2 aromatic carbocycles. The second-order valence-corrected chi connectivity index (χ2v) is 6.29. The SMILES string of the molecule is O=C(CNc1cccc(C(F)(F)F)c1)Nc1ccc(-c2nccs2)cc1. The lowest BCUT2D eigenvalue weighted by atomic mass is 10.2. The van der Waals surface area contributed by atoms with Gasteiger partial charge in [-0.1, -0.05) is 6.07 Å². The summed E-state index contributed by atoms with van der Waals surface area (Å²) in [7, 11) is 0. The Morgan fingerprint density at radius 2 is 1.85 bits per heavy atom. The molecule has 1 amide bonds. The Balaban J connectivity index is 1.56. The molecule has 0 saturated carbocycles. The largest absolute Gasteiger partial charge is 0.416 e. The first-order valence-corrected chi connectivity index (χ1v) is 8.51. The Hall–Kier alpha value is -2.87. The minimum Gasteiger partial charge on any atom is -0.376 e. The van der Waals surface area contributed by atoms with Crippen LogP contribution in [-0.2, 0) is 11.0 Å². The number of halogens is 3. The number of thiazole rings is 1. The van der Waals surface area contributed by atoms with Crippen molar-refractivity contribution in [2.45, 2.75) is 6.18 Å². The monoisotopic (exact) mass is 377 g/mol. The molecule has 0 fully saturated rings. The highest BCUT2D eigenvalue weighted by Gasteiger charge is 2.30. The molecule has 0 radical (unpaired) electrons. The van der Waals surface area contributed by atoms with Crippen LogP contribution in [0.2, 0.25) is 0 Å². The molecule has 0 unspecified atom stereocenters. The standard InChI is InChI=1S/C18H14F3N3OS/c19-18(20,21)13-2-1-3-15(10-13)23-11-16(25)24-14-6-4-12(5-7-14)17-22-8-9-26-17/h1-10,23H,11H2,(H,24,25). The quantitative estimate of drug-likeness (QED) is 0.666. The van der Waals surface area contributed by atoms with Gasteiger partial charge in [0, 0.05) is 28.5 Å². The number of nitrogens with one attached hydrogen (secondary N) is 2. The van der Waals surface area contributed by atoms with E-state index in [4.69, 9.17) is 0 Å². The van der Waals surface area contributed by atoms with E-state index in [1.165, 1.54) is 23.5 Å². The number of aromatic nitrogens is 1. The third-order valence-electron chi connectivity index (χ3n) is 3.49. The number of rotatable bonds is 5. The number of amides is 1. The van der Waals surface area contributed by atoms with Gasteiger partial charge in [-0.15, -0.1) is 11.3 Å². The molecule has 2 N–H and O–H groups in total. The van der Waals surface area contributed by atoms with Gasteiger partial charge in [-0.3, -0.25) is 4.79 Å². The third kappa shape index (κ3) is 4.60. The van der Waals surface area contributed by atoms with Crippen LogP contribution in [0.3, 0.4) is 0 Å². The van der Waals surface area contributed by atoms with Gasteiger partial charge in [-0.25, -0.2) is 4.98 Å². The summed E-state index contributed by atoms with van der Waals surface area (Å²) in [4.78, 5) is 16.2. The zero-order chi connectivity index (χ0) is 18.6. The lowest BCUT2D eigenvalue weighted by molar-refractivity contribution is -0.137. The first-order chi connectivity index (χ1) is 12.4. The van der Waals surface area contributed by atoms with Crippen LogP contribution in [0, 0.1) is 0 Å². The van der Waals surface area contributed by atoms with Crippen LogP contribution in [0.1, 0.15) is 5.56 Å². The second kappa shape index (κ2) is 7.57. The van der Waals surface area contributed by atoms with Crippen molar-refractivity contribution in [3.05, 3.63) is 65.7 Å². The van der Waals surface area contributed by atoms with E-state index in [1.54, 1.807) is 18.3 Å². The zero-order valence-corrected chi connectivity index (χ0v) is 14.2. The van der Waals surface area contributed by atoms with Crippen LogP contribution in [0.15, 0.2) is 60.1 Å². The molecule has 0 aliphatic carbocycles. The molecular weight excluding hydrogens is 363 g/mol. The molecular formula is C18H14F3N3OS. The van der Waals surface area contributed by atoms with Crippen molar-refractivity contribution < 1.29 is 18.0 Å². The number of nitrogens with zero attached hydrogens (tertiary/aromatic N) is 1. The summed E-state index contributed by atoms with van der Waals surface area (Å²) in [6, 6.07) is 11.9. The van der Waals surface area contributed by atoms with Gasteiger partial charge in [0.15, 0.2) is 0 Å². The van der Waals surface area contributed by atoms with Crippen molar-refractivity contribution in [2.75, 3.05) is 17.2 Å². The van der Waals surface area contributed by atoms with Crippen LogP contribution in [0.25, 0.3) is 10.6 Å². The van der Waals surface area contributed by atoms with Crippen LogP contribution in [-0.4, -0.2) is 17.4 Å². The highest BCUT2D eigenvalue weighted by atomic mass is 32.1. The summed E-state index contributed by atoms with van der Waals surface area (Å²) in [5.74, 6) is -0.357. The van der Waals surface area contributed by atoms with Crippen molar-refractivity contribution in [1.82, 2.24) is 4.98 Å². The van der Waals surface area contributed by atoms with Gasteiger partial charge >= 0.3 is 6.18 Å². The van der Waals surface area contributed by atoms with Crippen LogP contribution in [0.4, 0.5) is 24.5 Å². The zero-order valence-electron chi connectivity index (χ0n) is 13.4. The van der Waals surface area contributed by atoms with Crippen molar-refractivity contribution >= 4 is 28.6 Å². The minimum absolute atomic E-state index is 0.143. The van der Waals surface area contributed by atoms with E-state index in [0.29, 0.717) is 5.69 Å². The number of hydrogen-bond acceptors (Lipinski definition) is 4. The van der Waals surface area contributed by atoms with E-state index in [1.807, 2.05) is 17.5 Å². The van der Waals surface area contributed by atoms with E-state index >= 15 is 0 Å². The molecule has 1 aromatic heterocycles. The molecule has 26 heavy (non-hydrogen) atoms. The van der Waals surface area contributed by atoms with Crippen LogP contribution in [0.5, 0.6) is 0 Å². The molecule has 0 saturated heterocycles. The minimum atomic E-state index is -4.42. The second-order valence-electron chi connectivity index (χ2n) is 5.39. The molecule has 3 aromatic rings. The first kappa shape index (κ1) is 17.9. The molecule has 134 valence electrons. The van der Waals surface area contributed by atoms with Crippen molar-refractivity contribution in [3.63, 3.8) is 0 Å². The topological polar surface area (TPSA) is 54.0 Å². The van der Waals surface area contributed by atoms with Crippen LogP contribution < -0.4 is 10.6 Å². The molecule has 0 spiro atoms. The Kier molecular flexibility index (Phi) is 5.22. The average Bonchev–Trinajstić information content (AvgIpc) is 3.15. The summed E-state index contributed by atoms with van der Waals surface area (Å²) in [5, 5.41) is 8.14. The number of hydrogen-bond donors (Lipinski definition) is 2. The Morgan fingerprint density at radius 3 is 2.50 bits per heavy atom. The molecule has 0 aliphatic heterocycles. The first-order valence-electron chi connectivity index (χ1n) is 7.63. The summed E-state index contributed by atoms with van der Waals surface area (Å²) >= 11 is 1.52. The Bertz CT molecular complexity index is 877. The molecule has 1 heterocycles. The van der Waals surface area contributed by atoms with Gasteiger partial charge in [-0.05, 0) is 42.5 Å². The van der Waals surface area contributed by atoms with Gasteiger partial charge in [0.1, 0.15) is 5.01 Å². The highest BCUT2D eigenvalue weighted by molar-refractivity contribution is 7.13. The summed E-state index contributed by atoms with van der Waals surface area (Å²) in [6.45, 7) is -0.143. The maximum absolute atomic E-state index is 12.7. The van der Waals surface area contributed by atoms with Gasteiger partial charge in [0.2, 0.25) is 5.91 Å². The fraction of sp³-hybridized carbons (Fsp3) is 0.111. The van der Waals surface area contributed by atoms with E-state index in [9.17, 15) is 18.0 Å². The van der Waals surface area contributed by atoms with E-state index in [0.717, 1.165) is 22.7 Å². The molecule has 0 bridgehead atoms. The maximum Gasteiger partial charge on any atom is 0.416 e. The maximum atomic E-state index is 12.7. The van der Waals surface area contributed by atoms with Crippen LogP contribution >= 0.6 is 11.3 Å². The normalized spacial score (nSPS) is 11.2. The summed E-state index contributed by atoms with van der Waals surface area (Å²) in [6.07, 6.45) is -2.70. The van der Waals surface area contributed by atoms with Gasteiger partial charge in [0.05, 0.1) is 12.1 Å². The molecule has 8 heteroatoms. The number of carbonyl (C=O) groups excluding carboxylic acids is 1.